The number of hydrogen-bond donors (Lipinski definition) is 1. The van der Waals surface area contributed by atoms with Crippen LogP contribution in [0.4, 0.5) is 0 Å². The zero-order valence-corrected chi connectivity index (χ0v) is 10.6. The first kappa shape index (κ1) is 13.1. The Labute approximate surface area is 95.4 Å². The average molecular weight is 233 g/mol. The van der Waals surface area contributed by atoms with E-state index in [1.54, 1.807) is 0 Å². The second-order valence-corrected chi connectivity index (χ2v) is 5.99. The molecule has 1 N–H and O–H groups in total. The van der Waals surface area contributed by atoms with Gasteiger partial charge in [0.2, 0.25) is 0 Å². The summed E-state index contributed by atoms with van der Waals surface area (Å²) in [6, 6.07) is 0.530. The third-order valence-electron chi connectivity index (χ3n) is 3.09. The maximum atomic E-state index is 11.2. The molecular weight excluding hydrogens is 210 g/mol. The molecule has 3 nitrogen and oxygen atoms in total. The van der Waals surface area contributed by atoms with Gasteiger partial charge in [0.05, 0.1) is 0 Å². The molecule has 4 heteroatoms. The fraction of sp³-hybridized carbons (Fsp3) is 1.00. The van der Waals surface area contributed by atoms with E-state index < -0.39 is 10.8 Å². The zero-order valence-electron chi connectivity index (χ0n) is 9.83. The van der Waals surface area contributed by atoms with E-state index in [0.29, 0.717) is 6.04 Å². The fourth-order valence-corrected chi connectivity index (χ4v) is 2.56. The summed E-state index contributed by atoms with van der Waals surface area (Å²) in [5.74, 6) is 2.28. The van der Waals surface area contributed by atoms with E-state index in [0.717, 1.165) is 50.0 Å². The molecule has 1 rings (SSSR count). The van der Waals surface area contributed by atoms with Gasteiger partial charge in [-0.25, -0.2) is 0 Å². The predicted molar refractivity (Wildman–Crippen MR) is 64.6 cm³/mol. The van der Waals surface area contributed by atoms with Crippen molar-refractivity contribution in [2.75, 3.05) is 31.3 Å². The van der Waals surface area contributed by atoms with Crippen LogP contribution in [-0.2, 0) is 15.5 Å². The molecule has 0 spiro atoms. The van der Waals surface area contributed by atoms with Gasteiger partial charge < -0.3 is 10.1 Å². The molecule has 1 saturated heterocycles. The predicted octanol–water partition coefficient (Wildman–Crippen LogP) is 1.16. The second-order valence-electron chi connectivity index (χ2n) is 4.13. The van der Waals surface area contributed by atoms with Crippen molar-refractivity contribution in [3.05, 3.63) is 0 Å². The van der Waals surface area contributed by atoms with Gasteiger partial charge in [-0.05, 0) is 25.7 Å². The van der Waals surface area contributed by atoms with Crippen molar-refractivity contribution in [3.8, 4) is 0 Å². The summed E-state index contributed by atoms with van der Waals surface area (Å²) in [4.78, 5) is 0. The van der Waals surface area contributed by atoms with Crippen LogP contribution in [0, 0.1) is 5.92 Å². The van der Waals surface area contributed by atoms with Gasteiger partial charge in [-0.15, -0.1) is 0 Å². The summed E-state index contributed by atoms with van der Waals surface area (Å²) in [5, 5.41) is 3.47. The molecule has 0 amide bonds. The molecule has 2 unspecified atom stereocenters. The van der Waals surface area contributed by atoms with Crippen molar-refractivity contribution in [2.45, 2.75) is 32.7 Å². The standard InChI is InChI=1S/C11H23NO2S/c1-3-15(13)9-6-12-10(2)11-4-7-14-8-5-11/h10-12H,3-9H2,1-2H3. The van der Waals surface area contributed by atoms with Crippen LogP contribution >= 0.6 is 0 Å². The molecule has 0 aromatic rings. The molecule has 0 radical (unpaired) electrons. The molecule has 90 valence electrons. The summed E-state index contributed by atoms with van der Waals surface area (Å²) >= 11 is 0. The van der Waals surface area contributed by atoms with Gasteiger partial charge in [0.15, 0.2) is 0 Å². The summed E-state index contributed by atoms with van der Waals surface area (Å²) < 4.78 is 16.6. The lowest BCUT2D eigenvalue weighted by atomic mass is 9.93. The van der Waals surface area contributed by atoms with E-state index in [9.17, 15) is 4.21 Å². The Morgan fingerprint density at radius 1 is 1.47 bits per heavy atom. The van der Waals surface area contributed by atoms with E-state index in [1.165, 1.54) is 0 Å². The number of nitrogens with one attached hydrogen (secondary N) is 1. The number of rotatable bonds is 6. The lowest BCUT2D eigenvalue weighted by Gasteiger charge is -2.28. The molecule has 1 heterocycles. The fourth-order valence-electron chi connectivity index (χ4n) is 1.93. The Balaban J connectivity index is 2.11. The van der Waals surface area contributed by atoms with Crippen LogP contribution in [0.3, 0.4) is 0 Å². The minimum atomic E-state index is -0.636. The quantitative estimate of drug-likeness (QED) is 0.748. The minimum Gasteiger partial charge on any atom is -0.381 e. The van der Waals surface area contributed by atoms with Gasteiger partial charge in [-0.2, -0.15) is 0 Å². The van der Waals surface area contributed by atoms with E-state index >= 15 is 0 Å². The summed E-state index contributed by atoms with van der Waals surface area (Å²) in [6.45, 7) is 6.87. The third-order valence-corrected chi connectivity index (χ3v) is 4.39. The van der Waals surface area contributed by atoms with Crippen LogP contribution in [0.25, 0.3) is 0 Å². The average Bonchev–Trinajstić information content (AvgIpc) is 2.29. The van der Waals surface area contributed by atoms with Gasteiger partial charge in [0.25, 0.3) is 0 Å². The molecular formula is C11H23NO2S. The van der Waals surface area contributed by atoms with Gasteiger partial charge in [0.1, 0.15) is 0 Å². The van der Waals surface area contributed by atoms with Gasteiger partial charge in [0, 0.05) is 48.1 Å². The topological polar surface area (TPSA) is 38.3 Å². The van der Waals surface area contributed by atoms with Crippen molar-refractivity contribution in [1.29, 1.82) is 0 Å². The van der Waals surface area contributed by atoms with Crippen LogP contribution < -0.4 is 5.32 Å². The molecule has 15 heavy (non-hydrogen) atoms. The van der Waals surface area contributed by atoms with Crippen LogP contribution in [-0.4, -0.2) is 41.5 Å². The van der Waals surface area contributed by atoms with Crippen LogP contribution in [0.5, 0.6) is 0 Å². The van der Waals surface area contributed by atoms with Crippen LogP contribution in [0.2, 0.25) is 0 Å². The highest BCUT2D eigenvalue weighted by atomic mass is 32.2. The van der Waals surface area contributed by atoms with E-state index in [1.807, 2.05) is 6.92 Å². The summed E-state index contributed by atoms with van der Waals surface area (Å²) in [7, 11) is -0.636. The van der Waals surface area contributed by atoms with E-state index in [4.69, 9.17) is 4.74 Å². The molecule has 0 aliphatic carbocycles. The number of hydrogen-bond acceptors (Lipinski definition) is 3. The highest BCUT2D eigenvalue weighted by Gasteiger charge is 2.19. The second kappa shape index (κ2) is 7.36. The molecule has 0 aromatic heterocycles. The number of ether oxygens (including phenoxy) is 1. The first-order chi connectivity index (χ1) is 7.24. The molecule has 2 atom stereocenters. The molecule has 0 saturated carbocycles. The monoisotopic (exact) mass is 233 g/mol. The van der Waals surface area contributed by atoms with Crippen LogP contribution in [0.15, 0.2) is 0 Å². The normalized spacial score (nSPS) is 22.5. The molecule has 0 bridgehead atoms. The smallest absolute Gasteiger partial charge is 0.0469 e. The Hall–Kier alpha value is 0.0700. The molecule has 1 aliphatic heterocycles. The van der Waals surface area contributed by atoms with E-state index in [-0.39, 0.29) is 0 Å². The highest BCUT2D eigenvalue weighted by Crippen LogP contribution is 2.18. The maximum Gasteiger partial charge on any atom is 0.0469 e. The Bertz CT molecular complexity index is 193. The summed E-state index contributed by atoms with van der Waals surface area (Å²) in [6.07, 6.45) is 2.32. The Morgan fingerprint density at radius 2 is 2.13 bits per heavy atom. The van der Waals surface area contributed by atoms with Crippen molar-refractivity contribution in [3.63, 3.8) is 0 Å². The molecule has 1 fully saturated rings. The lowest BCUT2D eigenvalue weighted by Crippen LogP contribution is -2.38. The Morgan fingerprint density at radius 3 is 2.73 bits per heavy atom. The molecule has 1 aliphatic rings. The zero-order chi connectivity index (χ0) is 11.1. The van der Waals surface area contributed by atoms with Gasteiger partial charge >= 0.3 is 0 Å². The SMILES string of the molecule is CCS(=O)CCNC(C)C1CCOCC1. The Kier molecular flexibility index (Phi) is 6.45. The van der Waals surface area contributed by atoms with Crippen molar-refractivity contribution < 1.29 is 8.95 Å². The molecule has 0 aromatic carbocycles. The lowest BCUT2D eigenvalue weighted by molar-refractivity contribution is 0.0562. The van der Waals surface area contributed by atoms with Crippen molar-refractivity contribution in [1.82, 2.24) is 5.32 Å². The van der Waals surface area contributed by atoms with Gasteiger partial charge in [-0.1, -0.05) is 6.92 Å². The van der Waals surface area contributed by atoms with Crippen molar-refractivity contribution in [2.24, 2.45) is 5.92 Å². The first-order valence-corrected chi connectivity index (χ1v) is 7.39. The van der Waals surface area contributed by atoms with Crippen molar-refractivity contribution >= 4 is 10.8 Å². The van der Waals surface area contributed by atoms with E-state index in [2.05, 4.69) is 12.2 Å². The van der Waals surface area contributed by atoms with Gasteiger partial charge in [-0.3, -0.25) is 4.21 Å². The largest absolute Gasteiger partial charge is 0.381 e. The highest BCUT2D eigenvalue weighted by molar-refractivity contribution is 7.84. The first-order valence-electron chi connectivity index (χ1n) is 5.90. The summed E-state index contributed by atoms with van der Waals surface area (Å²) in [5.41, 5.74) is 0. The third kappa shape index (κ3) is 5.09. The minimum absolute atomic E-state index is 0.530. The van der Waals surface area contributed by atoms with Crippen LogP contribution in [0.1, 0.15) is 26.7 Å². The maximum absolute atomic E-state index is 11.2.